The highest BCUT2D eigenvalue weighted by atomic mass is 35.5. The van der Waals surface area contributed by atoms with Crippen molar-refractivity contribution < 1.29 is 0 Å². The van der Waals surface area contributed by atoms with Crippen LogP contribution >= 0.6 is 23.5 Å². The van der Waals surface area contributed by atoms with Gasteiger partial charge in [0.2, 0.25) is 0 Å². The summed E-state index contributed by atoms with van der Waals surface area (Å²) in [5.74, 6) is 0.729. The van der Waals surface area contributed by atoms with Crippen LogP contribution in [0.1, 0.15) is 25.7 Å². The zero-order valence-electron chi connectivity index (χ0n) is 7.29. The van der Waals surface area contributed by atoms with Crippen LogP contribution in [0.15, 0.2) is 21.1 Å². The van der Waals surface area contributed by atoms with E-state index in [1.165, 1.54) is 11.9 Å². The molecular weight excluding hydrogens is 208 g/mol. The van der Waals surface area contributed by atoms with Crippen molar-refractivity contribution in [2.24, 2.45) is 16.1 Å². The van der Waals surface area contributed by atoms with Crippen molar-refractivity contribution in [1.82, 2.24) is 4.83 Å². The van der Waals surface area contributed by atoms with Gasteiger partial charge in [-0.25, -0.2) is 4.83 Å². The van der Waals surface area contributed by atoms with Crippen LogP contribution in [-0.2, 0) is 0 Å². The van der Waals surface area contributed by atoms with E-state index in [0.717, 1.165) is 42.3 Å². The zero-order chi connectivity index (χ0) is 9.52. The molecule has 0 saturated carbocycles. The molecule has 74 valence electrons. The molecule has 0 unspecified atom stereocenters. The van der Waals surface area contributed by atoms with E-state index < -0.39 is 0 Å². The SMILES string of the molecule is NC1=C(CCCCCCl)N=NNS1. The number of allylic oxidation sites excluding steroid dienone is 1. The lowest BCUT2D eigenvalue weighted by molar-refractivity contribution is 0.698. The second kappa shape index (κ2) is 6.10. The summed E-state index contributed by atoms with van der Waals surface area (Å²) in [5.41, 5.74) is 6.58. The summed E-state index contributed by atoms with van der Waals surface area (Å²) in [7, 11) is 0. The fraction of sp³-hybridized carbons (Fsp3) is 0.714. The molecule has 1 rings (SSSR count). The van der Waals surface area contributed by atoms with Gasteiger partial charge in [0.05, 0.1) is 5.70 Å². The molecule has 0 spiro atoms. The highest BCUT2D eigenvalue weighted by Crippen LogP contribution is 2.21. The Morgan fingerprint density at radius 2 is 2.23 bits per heavy atom. The molecule has 0 aromatic rings. The predicted octanol–water partition coefficient (Wildman–Crippen LogP) is 2.53. The summed E-state index contributed by atoms with van der Waals surface area (Å²) in [6.45, 7) is 0. The molecule has 0 saturated heterocycles. The zero-order valence-corrected chi connectivity index (χ0v) is 8.87. The highest BCUT2D eigenvalue weighted by Gasteiger charge is 2.07. The third kappa shape index (κ3) is 3.87. The average molecular weight is 221 g/mol. The second-order valence-electron chi connectivity index (χ2n) is 2.70. The number of hydrogen-bond acceptors (Lipinski definition) is 5. The van der Waals surface area contributed by atoms with Crippen LogP contribution in [-0.4, -0.2) is 5.88 Å². The molecule has 13 heavy (non-hydrogen) atoms. The lowest BCUT2D eigenvalue weighted by atomic mass is 10.2. The Balaban J connectivity index is 2.23. The Morgan fingerprint density at radius 1 is 1.38 bits per heavy atom. The third-order valence-corrected chi connectivity index (χ3v) is 2.59. The van der Waals surface area contributed by atoms with Crippen molar-refractivity contribution >= 4 is 23.5 Å². The smallest absolute Gasteiger partial charge is 0.112 e. The molecule has 0 fully saturated rings. The fourth-order valence-electron chi connectivity index (χ4n) is 0.995. The Bertz CT molecular complexity index is 217. The van der Waals surface area contributed by atoms with E-state index in [2.05, 4.69) is 15.2 Å². The number of rotatable bonds is 5. The summed E-state index contributed by atoms with van der Waals surface area (Å²) < 4.78 is 0. The molecule has 1 aliphatic rings. The van der Waals surface area contributed by atoms with E-state index in [4.69, 9.17) is 17.3 Å². The van der Waals surface area contributed by atoms with Crippen molar-refractivity contribution in [3.8, 4) is 0 Å². The van der Waals surface area contributed by atoms with Crippen LogP contribution in [0.5, 0.6) is 0 Å². The lowest BCUT2D eigenvalue weighted by Gasteiger charge is -2.09. The summed E-state index contributed by atoms with van der Waals surface area (Å²) in [4.78, 5) is 2.64. The lowest BCUT2D eigenvalue weighted by Crippen LogP contribution is -2.07. The van der Waals surface area contributed by atoms with Crippen LogP contribution in [0, 0.1) is 0 Å². The van der Waals surface area contributed by atoms with Crippen LogP contribution < -0.4 is 10.6 Å². The number of halogens is 1. The van der Waals surface area contributed by atoms with Gasteiger partial charge in [0.25, 0.3) is 0 Å². The van der Waals surface area contributed by atoms with E-state index in [-0.39, 0.29) is 0 Å². The first-order valence-electron chi connectivity index (χ1n) is 4.21. The van der Waals surface area contributed by atoms with Crippen LogP contribution in [0.3, 0.4) is 0 Å². The molecule has 1 aliphatic heterocycles. The molecule has 0 aromatic heterocycles. The van der Waals surface area contributed by atoms with Gasteiger partial charge in [0, 0.05) is 17.8 Å². The molecule has 3 N–H and O–H groups in total. The van der Waals surface area contributed by atoms with Crippen molar-refractivity contribution in [2.45, 2.75) is 25.7 Å². The number of nitrogens with two attached hydrogens (primary N) is 1. The maximum atomic E-state index is 5.69. The molecule has 0 aliphatic carbocycles. The minimum Gasteiger partial charge on any atom is -0.391 e. The molecule has 0 radical (unpaired) electrons. The van der Waals surface area contributed by atoms with Gasteiger partial charge >= 0.3 is 0 Å². The summed E-state index contributed by atoms with van der Waals surface area (Å²) in [6.07, 6.45) is 4.13. The molecule has 0 atom stereocenters. The molecule has 4 nitrogen and oxygen atoms in total. The van der Waals surface area contributed by atoms with Gasteiger partial charge in [0.1, 0.15) is 5.03 Å². The second-order valence-corrected chi connectivity index (χ2v) is 3.91. The predicted molar refractivity (Wildman–Crippen MR) is 56.0 cm³/mol. The van der Waals surface area contributed by atoms with Crippen molar-refractivity contribution in [3.05, 3.63) is 10.7 Å². The monoisotopic (exact) mass is 220 g/mol. The van der Waals surface area contributed by atoms with Gasteiger partial charge in [0.15, 0.2) is 0 Å². The number of unbranched alkanes of at least 4 members (excludes halogenated alkanes) is 2. The van der Waals surface area contributed by atoms with Gasteiger partial charge < -0.3 is 5.73 Å². The van der Waals surface area contributed by atoms with Crippen LogP contribution in [0.2, 0.25) is 0 Å². The van der Waals surface area contributed by atoms with E-state index in [0.29, 0.717) is 0 Å². The Hall–Kier alpha value is -0.420. The maximum Gasteiger partial charge on any atom is 0.112 e. The van der Waals surface area contributed by atoms with Gasteiger partial charge in [-0.1, -0.05) is 11.6 Å². The molecule has 1 heterocycles. The van der Waals surface area contributed by atoms with Crippen molar-refractivity contribution in [2.75, 3.05) is 5.88 Å². The van der Waals surface area contributed by atoms with Crippen LogP contribution in [0.4, 0.5) is 0 Å². The quantitative estimate of drug-likeness (QED) is 0.425. The summed E-state index contributed by atoms with van der Waals surface area (Å²) in [5, 5.41) is 8.33. The normalized spacial score (nSPS) is 16.1. The highest BCUT2D eigenvalue weighted by molar-refractivity contribution is 8.01. The minimum absolute atomic E-state index is 0.723. The number of nitrogens with one attached hydrogen (secondary N) is 1. The molecule has 0 aromatic carbocycles. The van der Waals surface area contributed by atoms with E-state index in [1.54, 1.807) is 0 Å². The first kappa shape index (κ1) is 10.7. The molecule has 6 heteroatoms. The molecular formula is C7H13ClN4S. The third-order valence-electron chi connectivity index (χ3n) is 1.70. The van der Waals surface area contributed by atoms with Crippen molar-refractivity contribution in [1.29, 1.82) is 0 Å². The maximum absolute atomic E-state index is 5.69. The van der Waals surface area contributed by atoms with Crippen molar-refractivity contribution in [3.63, 3.8) is 0 Å². The van der Waals surface area contributed by atoms with E-state index >= 15 is 0 Å². The Kier molecular flexibility index (Phi) is 5.00. The first-order valence-corrected chi connectivity index (χ1v) is 5.57. The van der Waals surface area contributed by atoms with Gasteiger partial charge in [-0.3, -0.25) is 0 Å². The number of nitrogens with zero attached hydrogens (tertiary/aromatic N) is 2. The average Bonchev–Trinajstić information content (AvgIpc) is 2.15. The summed E-state index contributed by atoms with van der Waals surface area (Å²) >= 11 is 6.87. The Morgan fingerprint density at radius 3 is 2.92 bits per heavy atom. The topological polar surface area (TPSA) is 62.8 Å². The van der Waals surface area contributed by atoms with E-state index in [1.807, 2.05) is 0 Å². The van der Waals surface area contributed by atoms with E-state index in [9.17, 15) is 0 Å². The minimum atomic E-state index is 0.723. The Labute approximate surface area is 87.1 Å². The van der Waals surface area contributed by atoms with Gasteiger partial charge in [-0.15, -0.1) is 16.7 Å². The first-order chi connectivity index (χ1) is 6.34. The molecule has 0 bridgehead atoms. The summed E-state index contributed by atoms with van der Waals surface area (Å²) in [6, 6.07) is 0. The van der Waals surface area contributed by atoms with Crippen LogP contribution in [0.25, 0.3) is 0 Å². The standard InChI is InChI=1S/C7H13ClN4S/c8-5-3-1-2-4-6-7(9)13-12-11-10-6/h1-5,9H2,(H,10,12). The largest absolute Gasteiger partial charge is 0.391 e. The number of alkyl halides is 1. The van der Waals surface area contributed by atoms with Gasteiger partial charge in [-0.05, 0) is 19.3 Å². The fourth-order valence-corrected chi connectivity index (χ4v) is 1.63. The number of hydrogen-bond donors (Lipinski definition) is 2. The van der Waals surface area contributed by atoms with Gasteiger partial charge in [-0.2, -0.15) is 0 Å². The molecule has 0 amide bonds.